The Morgan fingerprint density at radius 2 is 2.05 bits per heavy atom. The largest absolute Gasteiger partial charge is 0.483 e. The predicted molar refractivity (Wildman–Crippen MR) is 74.6 cm³/mol. The molecular formula is C16H16N2O. The maximum Gasteiger partial charge on any atom is 0.145 e. The number of rotatable bonds is 1. The number of nitrogens with zero attached hydrogens (tertiary/aromatic N) is 1. The Kier molecular flexibility index (Phi) is 2.44. The lowest BCUT2D eigenvalue weighted by Gasteiger charge is -2.19. The van der Waals surface area contributed by atoms with Crippen molar-refractivity contribution in [3.63, 3.8) is 0 Å². The number of hydrogen-bond donors (Lipinski definition) is 1. The maximum absolute atomic E-state index is 5.99. The van der Waals surface area contributed by atoms with Crippen LogP contribution < -0.4 is 10.1 Å². The second-order valence-electron chi connectivity index (χ2n) is 5.19. The Hall–Kier alpha value is -2.03. The van der Waals surface area contributed by atoms with Crippen LogP contribution in [0.5, 0.6) is 5.75 Å². The number of aromatic nitrogens is 1. The number of fused-ring (bicyclic) bond motifs is 2. The number of nitrogens with one attached hydrogen (secondary N) is 1. The highest BCUT2D eigenvalue weighted by Gasteiger charge is 2.25. The van der Waals surface area contributed by atoms with Crippen LogP contribution >= 0.6 is 0 Å². The summed E-state index contributed by atoms with van der Waals surface area (Å²) >= 11 is 0. The van der Waals surface area contributed by atoms with E-state index >= 15 is 0 Å². The van der Waals surface area contributed by atoms with Gasteiger partial charge >= 0.3 is 0 Å². The van der Waals surface area contributed by atoms with E-state index in [0.29, 0.717) is 0 Å². The van der Waals surface area contributed by atoms with Crippen molar-refractivity contribution >= 4 is 5.82 Å². The summed E-state index contributed by atoms with van der Waals surface area (Å²) in [6, 6.07) is 12.5. The molecule has 1 N–H and O–H groups in total. The highest BCUT2D eigenvalue weighted by atomic mass is 16.5. The van der Waals surface area contributed by atoms with Gasteiger partial charge in [0.2, 0.25) is 0 Å². The average Bonchev–Trinajstić information content (AvgIpc) is 2.90. The van der Waals surface area contributed by atoms with Crippen molar-refractivity contribution in [3.8, 4) is 5.75 Å². The zero-order valence-corrected chi connectivity index (χ0v) is 10.7. The molecule has 19 heavy (non-hydrogen) atoms. The summed E-state index contributed by atoms with van der Waals surface area (Å²) in [5.41, 5.74) is 3.63. The van der Waals surface area contributed by atoms with Gasteiger partial charge in [0, 0.05) is 13.0 Å². The van der Waals surface area contributed by atoms with E-state index in [1.807, 2.05) is 12.1 Å². The number of para-hydroxylation sites is 1. The molecule has 96 valence electrons. The van der Waals surface area contributed by atoms with Gasteiger partial charge in [-0.15, -0.1) is 0 Å². The molecule has 3 nitrogen and oxygen atoms in total. The Morgan fingerprint density at radius 1 is 1.11 bits per heavy atom. The first kappa shape index (κ1) is 10.9. The van der Waals surface area contributed by atoms with Crippen LogP contribution in [-0.4, -0.2) is 11.5 Å². The molecule has 1 atom stereocenters. The van der Waals surface area contributed by atoms with Crippen molar-refractivity contribution in [2.75, 3.05) is 11.9 Å². The molecule has 0 fully saturated rings. The van der Waals surface area contributed by atoms with Crippen molar-refractivity contribution in [3.05, 3.63) is 53.2 Å². The first-order chi connectivity index (χ1) is 9.40. The quantitative estimate of drug-likeness (QED) is 0.846. The molecule has 0 saturated carbocycles. The molecule has 2 aromatic rings. The summed E-state index contributed by atoms with van der Waals surface area (Å²) in [5.74, 6) is 2.04. The lowest BCUT2D eigenvalue weighted by atomic mass is 10.0. The van der Waals surface area contributed by atoms with Gasteiger partial charge in [0.05, 0.1) is 5.69 Å². The molecule has 3 heteroatoms. The standard InChI is InChI=1S/C16H16N2O/c1-2-6-14-12(4-1)10-15(19-14)13-8-7-11-5-3-9-17-16(11)18-13/h1-2,4,6-8,15H,3,5,9-10H2,(H,17,18). The minimum atomic E-state index is 0.0615. The Labute approximate surface area is 112 Å². The predicted octanol–water partition coefficient (Wildman–Crippen LogP) is 3.12. The van der Waals surface area contributed by atoms with E-state index in [1.165, 1.54) is 17.5 Å². The van der Waals surface area contributed by atoms with Gasteiger partial charge in [-0.05, 0) is 36.1 Å². The minimum absolute atomic E-state index is 0.0615. The number of hydrogen-bond acceptors (Lipinski definition) is 3. The fraction of sp³-hybridized carbons (Fsp3) is 0.312. The smallest absolute Gasteiger partial charge is 0.145 e. The molecule has 0 amide bonds. The summed E-state index contributed by atoms with van der Waals surface area (Å²) < 4.78 is 5.99. The van der Waals surface area contributed by atoms with Crippen LogP contribution in [0.2, 0.25) is 0 Å². The first-order valence-corrected chi connectivity index (χ1v) is 6.88. The highest BCUT2D eigenvalue weighted by molar-refractivity contribution is 5.48. The fourth-order valence-electron chi connectivity index (χ4n) is 2.87. The monoisotopic (exact) mass is 252 g/mol. The van der Waals surface area contributed by atoms with Gasteiger partial charge in [0.25, 0.3) is 0 Å². The van der Waals surface area contributed by atoms with Crippen molar-refractivity contribution in [2.24, 2.45) is 0 Å². The van der Waals surface area contributed by atoms with Gasteiger partial charge in [-0.2, -0.15) is 0 Å². The molecular weight excluding hydrogens is 236 g/mol. The van der Waals surface area contributed by atoms with E-state index in [0.717, 1.165) is 36.6 Å². The topological polar surface area (TPSA) is 34.2 Å². The SMILES string of the molecule is c1ccc2c(c1)CC(c1ccc3c(n1)NCCC3)O2. The highest BCUT2D eigenvalue weighted by Crippen LogP contribution is 2.36. The van der Waals surface area contributed by atoms with Gasteiger partial charge in [0.1, 0.15) is 17.7 Å². The van der Waals surface area contributed by atoms with Crippen LogP contribution in [0, 0.1) is 0 Å². The van der Waals surface area contributed by atoms with Crippen LogP contribution in [-0.2, 0) is 12.8 Å². The summed E-state index contributed by atoms with van der Waals surface area (Å²) in [6.45, 7) is 1.02. The lowest BCUT2D eigenvalue weighted by molar-refractivity contribution is 0.233. The van der Waals surface area contributed by atoms with E-state index < -0.39 is 0 Å². The zero-order valence-electron chi connectivity index (χ0n) is 10.7. The van der Waals surface area contributed by atoms with Gasteiger partial charge in [-0.3, -0.25) is 0 Å². The summed E-state index contributed by atoms with van der Waals surface area (Å²) in [6.07, 6.45) is 3.30. The number of benzene rings is 1. The third-order valence-corrected chi connectivity index (χ3v) is 3.89. The van der Waals surface area contributed by atoms with Crippen molar-refractivity contribution in [2.45, 2.75) is 25.4 Å². The van der Waals surface area contributed by atoms with Gasteiger partial charge in [-0.1, -0.05) is 24.3 Å². The molecule has 2 aliphatic heterocycles. The van der Waals surface area contributed by atoms with Crippen molar-refractivity contribution in [1.29, 1.82) is 0 Å². The van der Waals surface area contributed by atoms with E-state index in [1.54, 1.807) is 0 Å². The number of pyridine rings is 1. The van der Waals surface area contributed by atoms with Gasteiger partial charge < -0.3 is 10.1 Å². The van der Waals surface area contributed by atoms with Gasteiger partial charge in [0.15, 0.2) is 0 Å². The van der Waals surface area contributed by atoms with Crippen LogP contribution in [0.4, 0.5) is 5.82 Å². The van der Waals surface area contributed by atoms with Crippen LogP contribution in [0.15, 0.2) is 36.4 Å². The van der Waals surface area contributed by atoms with Crippen LogP contribution in [0.3, 0.4) is 0 Å². The average molecular weight is 252 g/mol. The third-order valence-electron chi connectivity index (χ3n) is 3.89. The summed E-state index contributed by atoms with van der Waals surface area (Å²) in [5, 5.41) is 3.38. The molecule has 1 unspecified atom stereocenters. The van der Waals surface area contributed by atoms with E-state index in [2.05, 4.69) is 29.6 Å². The first-order valence-electron chi connectivity index (χ1n) is 6.88. The van der Waals surface area contributed by atoms with Crippen molar-refractivity contribution in [1.82, 2.24) is 4.98 Å². The molecule has 1 aromatic heterocycles. The fourth-order valence-corrected chi connectivity index (χ4v) is 2.87. The number of ether oxygens (including phenoxy) is 1. The second kappa shape index (κ2) is 4.26. The Morgan fingerprint density at radius 3 is 3.00 bits per heavy atom. The molecule has 2 aliphatic rings. The van der Waals surface area contributed by atoms with Crippen molar-refractivity contribution < 1.29 is 4.74 Å². The molecule has 0 spiro atoms. The van der Waals surface area contributed by atoms with Crippen LogP contribution in [0.25, 0.3) is 0 Å². The molecule has 0 radical (unpaired) electrons. The maximum atomic E-state index is 5.99. The van der Waals surface area contributed by atoms with Gasteiger partial charge in [-0.25, -0.2) is 4.98 Å². The number of anilines is 1. The van der Waals surface area contributed by atoms with E-state index in [-0.39, 0.29) is 6.10 Å². The normalized spacial score (nSPS) is 20.1. The molecule has 0 bridgehead atoms. The molecule has 4 rings (SSSR count). The molecule has 0 aliphatic carbocycles. The zero-order chi connectivity index (χ0) is 12.7. The Bertz CT molecular complexity index is 599. The second-order valence-corrected chi connectivity index (χ2v) is 5.19. The molecule has 1 aromatic carbocycles. The van der Waals surface area contributed by atoms with Crippen LogP contribution in [0.1, 0.15) is 29.3 Å². The lowest BCUT2D eigenvalue weighted by Crippen LogP contribution is -2.15. The minimum Gasteiger partial charge on any atom is -0.483 e. The summed E-state index contributed by atoms with van der Waals surface area (Å²) in [4.78, 5) is 4.74. The summed E-state index contributed by atoms with van der Waals surface area (Å²) in [7, 11) is 0. The number of aryl methyl sites for hydroxylation is 1. The molecule has 3 heterocycles. The van der Waals surface area contributed by atoms with E-state index in [9.17, 15) is 0 Å². The van der Waals surface area contributed by atoms with E-state index in [4.69, 9.17) is 9.72 Å². The Balaban J connectivity index is 1.64. The third kappa shape index (κ3) is 1.86. The molecule has 0 saturated heterocycles.